The van der Waals surface area contributed by atoms with E-state index in [9.17, 15) is 21.6 Å². The van der Waals surface area contributed by atoms with Crippen LogP contribution in [0.4, 0.5) is 0 Å². The second-order valence-corrected chi connectivity index (χ2v) is 10.6. The fourth-order valence-electron chi connectivity index (χ4n) is 2.43. The molecule has 2 aromatic carbocycles. The summed E-state index contributed by atoms with van der Waals surface area (Å²) in [6.45, 7) is 8.93. The predicted octanol–water partition coefficient (Wildman–Crippen LogP) is 3.03. The van der Waals surface area contributed by atoms with Crippen LogP contribution in [0.1, 0.15) is 26.3 Å². The van der Waals surface area contributed by atoms with Crippen molar-refractivity contribution in [2.45, 2.75) is 37.0 Å². The molecule has 0 saturated carbocycles. The van der Waals surface area contributed by atoms with E-state index in [1.807, 2.05) is 13.8 Å². The van der Waals surface area contributed by atoms with Crippen LogP contribution in [0.15, 0.2) is 70.5 Å². The molecule has 0 bridgehead atoms. The van der Waals surface area contributed by atoms with Gasteiger partial charge < -0.3 is 4.74 Å². The smallest absolute Gasteiger partial charge is 0.338 e. The lowest BCUT2D eigenvalue weighted by Gasteiger charge is -2.11. The Balaban J connectivity index is 2.23. The summed E-state index contributed by atoms with van der Waals surface area (Å²) in [5.41, 5.74) is 0.984. The first-order valence-electron chi connectivity index (χ1n) is 8.76. The lowest BCUT2D eigenvalue weighted by Crippen LogP contribution is -2.30. The number of hydrogen-bond donors (Lipinski definition) is 1. The Morgan fingerprint density at radius 1 is 1.00 bits per heavy atom. The summed E-state index contributed by atoms with van der Waals surface area (Å²) in [6, 6.07) is 11.0. The predicted molar refractivity (Wildman–Crippen MR) is 109 cm³/mol. The zero-order valence-corrected chi connectivity index (χ0v) is 18.0. The summed E-state index contributed by atoms with van der Waals surface area (Å²) in [7, 11) is -8.66. The van der Waals surface area contributed by atoms with Crippen LogP contribution in [0, 0.1) is 5.92 Å². The highest BCUT2D eigenvalue weighted by Crippen LogP contribution is 2.20. The van der Waals surface area contributed by atoms with Crippen molar-refractivity contribution >= 4 is 26.0 Å². The van der Waals surface area contributed by atoms with Crippen LogP contribution < -0.4 is 8.86 Å². The van der Waals surface area contributed by atoms with Gasteiger partial charge in [-0.05, 0) is 61.2 Å². The van der Waals surface area contributed by atoms with Gasteiger partial charge in [-0.2, -0.15) is 0 Å². The van der Waals surface area contributed by atoms with Crippen LogP contribution >= 0.6 is 0 Å². The van der Waals surface area contributed by atoms with Crippen molar-refractivity contribution in [1.29, 1.82) is 0 Å². The van der Waals surface area contributed by atoms with Crippen molar-refractivity contribution in [3.8, 4) is 5.75 Å². The number of esters is 1. The van der Waals surface area contributed by atoms with Crippen LogP contribution in [-0.2, 0) is 31.3 Å². The van der Waals surface area contributed by atoms with Crippen LogP contribution in [0.5, 0.6) is 5.75 Å². The van der Waals surface area contributed by atoms with Gasteiger partial charge in [-0.1, -0.05) is 32.6 Å². The van der Waals surface area contributed by atoms with Crippen molar-refractivity contribution in [3.63, 3.8) is 0 Å². The molecule has 29 heavy (non-hydrogen) atoms. The van der Waals surface area contributed by atoms with Gasteiger partial charge in [-0.3, -0.25) is 0 Å². The molecule has 0 fully saturated rings. The quantitative estimate of drug-likeness (QED) is 0.386. The highest BCUT2D eigenvalue weighted by Gasteiger charge is 2.25. The SMILES string of the molecule is C=C(C)C(=O)Oc1ccc(S(=O)(=O)NS(=O)(=O)c2cccc(CC(C)C)c2)cc1. The van der Waals surface area contributed by atoms with Gasteiger partial charge in [-0.25, -0.2) is 21.6 Å². The van der Waals surface area contributed by atoms with E-state index in [0.717, 1.165) is 17.7 Å². The number of sulfonamides is 2. The fraction of sp³-hybridized carbons (Fsp3) is 0.250. The van der Waals surface area contributed by atoms with Crippen molar-refractivity contribution in [2.75, 3.05) is 0 Å². The van der Waals surface area contributed by atoms with Gasteiger partial charge in [0.25, 0.3) is 20.0 Å². The minimum absolute atomic E-state index is 0.112. The lowest BCUT2D eigenvalue weighted by molar-refractivity contribution is -0.130. The molecule has 0 unspecified atom stereocenters. The maximum Gasteiger partial charge on any atom is 0.338 e. The number of hydrogen-bond acceptors (Lipinski definition) is 6. The molecule has 0 aliphatic rings. The van der Waals surface area contributed by atoms with Crippen molar-refractivity contribution in [3.05, 3.63) is 66.2 Å². The number of carbonyl (C=O) groups is 1. The molecular weight excluding hydrogens is 414 g/mol. The molecule has 156 valence electrons. The zero-order chi connectivity index (χ0) is 21.8. The van der Waals surface area contributed by atoms with Gasteiger partial charge in [0.15, 0.2) is 0 Å². The summed E-state index contributed by atoms with van der Waals surface area (Å²) in [5, 5.41) is 0. The first kappa shape index (κ1) is 22.8. The number of nitrogens with one attached hydrogen (secondary N) is 1. The van der Waals surface area contributed by atoms with Gasteiger partial charge in [0, 0.05) is 5.57 Å². The molecule has 2 rings (SSSR count). The molecule has 7 nitrogen and oxygen atoms in total. The summed E-state index contributed by atoms with van der Waals surface area (Å²) < 4.78 is 56.9. The van der Waals surface area contributed by atoms with Gasteiger partial charge >= 0.3 is 5.97 Å². The minimum atomic E-state index is -4.36. The second-order valence-electron chi connectivity index (χ2n) is 6.98. The highest BCUT2D eigenvalue weighted by atomic mass is 32.3. The summed E-state index contributed by atoms with van der Waals surface area (Å²) in [5.74, 6) is -0.217. The topological polar surface area (TPSA) is 107 Å². The summed E-state index contributed by atoms with van der Waals surface area (Å²) in [6.07, 6.45) is 0.667. The van der Waals surface area contributed by atoms with E-state index in [0.29, 0.717) is 12.3 Å². The highest BCUT2D eigenvalue weighted by molar-refractivity contribution is 8.04. The van der Waals surface area contributed by atoms with Crippen molar-refractivity contribution < 1.29 is 26.4 Å². The third-order valence-corrected chi connectivity index (χ3v) is 7.29. The Labute approximate surface area is 171 Å². The molecule has 0 amide bonds. The average Bonchev–Trinajstić information content (AvgIpc) is 2.61. The molecule has 0 heterocycles. The second kappa shape index (κ2) is 8.89. The van der Waals surface area contributed by atoms with Crippen LogP contribution in [-0.4, -0.2) is 22.8 Å². The third kappa shape index (κ3) is 6.25. The van der Waals surface area contributed by atoms with Gasteiger partial charge in [0.1, 0.15) is 5.75 Å². The Morgan fingerprint density at radius 2 is 1.59 bits per heavy atom. The number of ether oxygens (including phenoxy) is 1. The largest absolute Gasteiger partial charge is 0.423 e. The first-order chi connectivity index (χ1) is 13.4. The molecule has 1 N–H and O–H groups in total. The van der Waals surface area contributed by atoms with E-state index in [1.54, 1.807) is 16.3 Å². The van der Waals surface area contributed by atoms with Crippen molar-refractivity contribution in [2.24, 2.45) is 5.92 Å². The van der Waals surface area contributed by atoms with E-state index in [-0.39, 0.29) is 21.1 Å². The molecule has 0 aromatic heterocycles. The molecule has 9 heteroatoms. The first-order valence-corrected chi connectivity index (χ1v) is 11.7. The third-order valence-electron chi connectivity index (χ3n) is 3.77. The van der Waals surface area contributed by atoms with Gasteiger partial charge in [0.05, 0.1) is 9.79 Å². The number of rotatable bonds is 8. The normalized spacial score (nSPS) is 12.0. The van der Waals surface area contributed by atoms with Crippen molar-refractivity contribution in [1.82, 2.24) is 4.13 Å². The van der Waals surface area contributed by atoms with Gasteiger partial charge in [-0.15, -0.1) is 4.13 Å². The van der Waals surface area contributed by atoms with E-state index in [1.165, 1.54) is 31.2 Å². The number of benzene rings is 2. The molecule has 0 spiro atoms. The Hall–Kier alpha value is -2.49. The maximum absolute atomic E-state index is 12.6. The number of carbonyl (C=O) groups excluding carboxylic acids is 1. The van der Waals surface area contributed by atoms with Crippen LogP contribution in [0.3, 0.4) is 0 Å². The molecular formula is C20H23NO6S2. The molecule has 0 atom stereocenters. The zero-order valence-electron chi connectivity index (χ0n) is 16.4. The Morgan fingerprint density at radius 3 is 2.14 bits per heavy atom. The van der Waals surface area contributed by atoms with Gasteiger partial charge in [0.2, 0.25) is 0 Å². The van der Waals surface area contributed by atoms with Crippen LogP contribution in [0.2, 0.25) is 0 Å². The lowest BCUT2D eigenvalue weighted by atomic mass is 10.0. The molecule has 0 aliphatic carbocycles. The van der Waals surface area contributed by atoms with E-state index < -0.39 is 26.0 Å². The maximum atomic E-state index is 12.6. The Kier molecular flexibility index (Phi) is 6.99. The standard InChI is InChI=1S/C20H23NO6S2/c1-14(2)12-16-6-5-7-19(13-16)29(25,26)21-28(23,24)18-10-8-17(9-11-18)27-20(22)15(3)4/h5-11,13-14,21H,3,12H2,1-2,4H3. The monoisotopic (exact) mass is 437 g/mol. The molecule has 0 radical (unpaired) electrons. The van der Waals surface area contributed by atoms with Crippen LogP contribution in [0.25, 0.3) is 0 Å². The minimum Gasteiger partial charge on any atom is -0.423 e. The molecule has 2 aromatic rings. The van der Waals surface area contributed by atoms with E-state index in [2.05, 4.69) is 6.58 Å². The van der Waals surface area contributed by atoms with E-state index in [4.69, 9.17) is 4.74 Å². The molecule has 0 saturated heterocycles. The molecule has 0 aliphatic heterocycles. The summed E-state index contributed by atoms with van der Waals surface area (Å²) in [4.78, 5) is 11.1. The van der Waals surface area contributed by atoms with E-state index >= 15 is 0 Å². The summed E-state index contributed by atoms with van der Waals surface area (Å²) >= 11 is 0. The average molecular weight is 438 g/mol. The Bertz CT molecular complexity index is 1120. The fourth-order valence-corrected chi connectivity index (χ4v) is 5.42.